The molecule has 0 aliphatic carbocycles. The topological polar surface area (TPSA) is 134 Å². The van der Waals surface area contributed by atoms with E-state index in [-0.39, 0.29) is 0 Å². The molecule has 1 aromatic heterocycles. The fraction of sp³-hybridized carbons (Fsp3) is 0.600. The molecule has 4 N–H and O–H groups in total. The summed E-state index contributed by atoms with van der Waals surface area (Å²) in [4.78, 5) is 7.80. The number of rotatable bonds is 8. The Kier molecular flexibility index (Phi) is 6.86. The Morgan fingerprint density at radius 1 is 0.969 bits per heavy atom. The predicted molar refractivity (Wildman–Crippen MR) is 110 cm³/mol. The second kappa shape index (κ2) is 9.63. The summed E-state index contributed by atoms with van der Waals surface area (Å²) in [6.45, 7) is 12.1. The number of hydrogen-bond acceptors (Lipinski definition) is 11. The Morgan fingerprint density at radius 2 is 1.66 bits per heavy atom. The molecular weight excluding hydrogens is 418 g/mol. The smallest absolute Gasteiger partial charge is 0.208 e. The van der Waals surface area contributed by atoms with Crippen LogP contribution in [-0.2, 0) is 11.3 Å². The zero-order valence-corrected chi connectivity index (χ0v) is 18.0. The zero-order valence-electron chi connectivity index (χ0n) is 18.0. The van der Waals surface area contributed by atoms with E-state index in [1.807, 2.05) is 44.4 Å². The van der Waals surface area contributed by atoms with Crippen molar-refractivity contribution in [2.45, 2.75) is 57.1 Å². The van der Waals surface area contributed by atoms with Gasteiger partial charge in [0.1, 0.15) is 30.1 Å². The third kappa shape index (κ3) is 4.84. The summed E-state index contributed by atoms with van der Waals surface area (Å²) in [5.74, 6) is 0. The van der Waals surface area contributed by atoms with Gasteiger partial charge in [-0.3, -0.25) is 0 Å². The molecule has 0 spiro atoms. The molecule has 0 saturated carbocycles. The van der Waals surface area contributed by atoms with Gasteiger partial charge in [-0.25, -0.2) is 4.68 Å². The predicted octanol–water partition coefficient (Wildman–Crippen LogP) is -1.67. The van der Waals surface area contributed by atoms with Crippen molar-refractivity contribution in [2.75, 3.05) is 19.7 Å². The SMILES string of the molecule is CC(C)N1[C]N(CCN2[C]N(Cc3cn([C@@H]4O[C@H](CO)[C@@H](O)[C@H](O)[C@H]4O)nn3)C=C2)C=C1. The van der Waals surface area contributed by atoms with Crippen LogP contribution in [0.15, 0.2) is 31.0 Å². The average molecular weight is 447 g/mol. The number of hydrogen-bond donors (Lipinski definition) is 4. The molecule has 3 aliphatic heterocycles. The van der Waals surface area contributed by atoms with Gasteiger partial charge in [-0.1, -0.05) is 5.21 Å². The van der Waals surface area contributed by atoms with Crippen LogP contribution in [0, 0.1) is 13.3 Å². The number of nitrogens with zero attached hydrogens (tertiary/aromatic N) is 7. The van der Waals surface area contributed by atoms with Crippen molar-refractivity contribution in [1.82, 2.24) is 34.6 Å². The van der Waals surface area contributed by atoms with Gasteiger partial charge in [-0.2, -0.15) is 0 Å². The van der Waals surface area contributed by atoms with E-state index in [2.05, 4.69) is 37.5 Å². The van der Waals surface area contributed by atoms with Gasteiger partial charge >= 0.3 is 0 Å². The molecule has 0 aromatic carbocycles. The van der Waals surface area contributed by atoms with Crippen LogP contribution in [0.5, 0.6) is 0 Å². The van der Waals surface area contributed by atoms with Crippen LogP contribution in [0.1, 0.15) is 25.8 Å². The second-order valence-corrected chi connectivity index (χ2v) is 8.22. The zero-order chi connectivity index (χ0) is 22.8. The van der Waals surface area contributed by atoms with Crippen LogP contribution < -0.4 is 0 Å². The van der Waals surface area contributed by atoms with Crippen molar-refractivity contribution in [3.8, 4) is 0 Å². The highest BCUT2D eigenvalue weighted by Gasteiger charge is 2.44. The van der Waals surface area contributed by atoms with Crippen LogP contribution in [0.2, 0.25) is 0 Å². The normalized spacial score (nSPS) is 30.4. The largest absolute Gasteiger partial charge is 0.394 e. The average Bonchev–Trinajstić information content (AvgIpc) is 3.52. The fourth-order valence-electron chi connectivity index (χ4n) is 3.59. The van der Waals surface area contributed by atoms with E-state index < -0.39 is 37.3 Å². The molecule has 1 aromatic rings. The molecule has 12 nitrogen and oxygen atoms in total. The van der Waals surface area contributed by atoms with Crippen LogP contribution >= 0.6 is 0 Å². The Morgan fingerprint density at radius 3 is 2.34 bits per heavy atom. The van der Waals surface area contributed by atoms with Crippen LogP contribution in [0.3, 0.4) is 0 Å². The van der Waals surface area contributed by atoms with E-state index in [4.69, 9.17) is 4.74 Å². The fourth-order valence-corrected chi connectivity index (χ4v) is 3.59. The lowest BCUT2D eigenvalue weighted by Crippen LogP contribution is -2.56. The van der Waals surface area contributed by atoms with Gasteiger partial charge in [-0.05, 0) is 13.8 Å². The van der Waals surface area contributed by atoms with Crippen molar-refractivity contribution in [2.24, 2.45) is 0 Å². The number of ether oxygens (including phenoxy) is 1. The standard InChI is InChI=1S/C20H29N7O5/c1-14(2)26-8-7-24(13-26)4-3-23-5-6-25(12-23)9-15-10-27(22-21-15)20-19(31)18(30)17(29)16(11-28)32-20/h5-8,10,14,16-20,28-31H,3-4,9,11H2,1-2H3/t16-,17-,18+,19-,20-/m1/s1. The van der Waals surface area contributed by atoms with E-state index in [1.165, 1.54) is 4.68 Å². The second-order valence-electron chi connectivity index (χ2n) is 8.22. The molecule has 3 aliphatic rings. The van der Waals surface area contributed by atoms with Crippen molar-refractivity contribution in [3.63, 3.8) is 0 Å². The number of aromatic nitrogens is 3. The lowest BCUT2D eigenvalue weighted by atomic mass is 9.98. The molecule has 0 bridgehead atoms. The van der Waals surface area contributed by atoms with E-state index in [0.29, 0.717) is 18.3 Å². The monoisotopic (exact) mass is 447 g/mol. The first-order chi connectivity index (χ1) is 15.4. The molecule has 4 radical (unpaired) electrons. The van der Waals surface area contributed by atoms with E-state index in [1.54, 1.807) is 6.20 Å². The lowest BCUT2D eigenvalue weighted by molar-refractivity contribution is -0.254. The van der Waals surface area contributed by atoms with Crippen LogP contribution in [0.4, 0.5) is 0 Å². The minimum Gasteiger partial charge on any atom is -0.394 e. The Balaban J connectivity index is 1.26. The molecule has 5 atom stereocenters. The molecule has 174 valence electrons. The highest BCUT2D eigenvalue weighted by atomic mass is 16.6. The maximum absolute atomic E-state index is 10.2. The van der Waals surface area contributed by atoms with Gasteiger partial charge in [0.15, 0.2) is 6.23 Å². The summed E-state index contributed by atoms with van der Waals surface area (Å²) >= 11 is 0. The van der Waals surface area contributed by atoms with Gasteiger partial charge in [0, 0.05) is 43.9 Å². The summed E-state index contributed by atoms with van der Waals surface area (Å²) in [5.41, 5.74) is 0.595. The highest BCUT2D eigenvalue weighted by Crippen LogP contribution is 2.28. The third-order valence-corrected chi connectivity index (χ3v) is 5.49. The highest BCUT2D eigenvalue weighted by molar-refractivity contribution is 5.04. The minimum atomic E-state index is -1.47. The van der Waals surface area contributed by atoms with E-state index >= 15 is 0 Å². The number of aliphatic hydroxyl groups excluding tert-OH is 4. The maximum Gasteiger partial charge on any atom is 0.208 e. The molecule has 1 fully saturated rings. The summed E-state index contributed by atoms with van der Waals surface area (Å²) in [6, 6.07) is 0.368. The van der Waals surface area contributed by atoms with Gasteiger partial charge in [0.2, 0.25) is 13.3 Å². The summed E-state index contributed by atoms with van der Waals surface area (Å²) < 4.78 is 6.78. The molecular formula is C20H29N7O5. The first-order valence-electron chi connectivity index (χ1n) is 10.5. The molecule has 0 amide bonds. The number of aliphatic hydroxyl groups is 4. The summed E-state index contributed by atoms with van der Waals surface area (Å²) in [7, 11) is 0. The summed E-state index contributed by atoms with van der Waals surface area (Å²) in [6.07, 6.45) is 3.00. The molecule has 32 heavy (non-hydrogen) atoms. The van der Waals surface area contributed by atoms with Crippen molar-refractivity contribution in [1.29, 1.82) is 0 Å². The van der Waals surface area contributed by atoms with Crippen LogP contribution in [0.25, 0.3) is 0 Å². The van der Waals surface area contributed by atoms with E-state index in [0.717, 1.165) is 13.1 Å². The van der Waals surface area contributed by atoms with Gasteiger partial charge in [0.05, 0.1) is 19.3 Å². The van der Waals surface area contributed by atoms with Crippen molar-refractivity contribution < 1.29 is 25.2 Å². The minimum absolute atomic E-state index is 0.368. The van der Waals surface area contributed by atoms with Gasteiger partial charge in [-0.15, -0.1) is 5.10 Å². The molecule has 12 heteroatoms. The third-order valence-electron chi connectivity index (χ3n) is 5.49. The molecule has 4 heterocycles. The summed E-state index contributed by atoms with van der Waals surface area (Å²) in [5, 5.41) is 47.5. The van der Waals surface area contributed by atoms with Crippen molar-refractivity contribution in [3.05, 3.63) is 50.0 Å². The first-order valence-corrected chi connectivity index (χ1v) is 10.5. The molecule has 1 saturated heterocycles. The Hall–Kier alpha value is -2.38. The molecule has 0 unspecified atom stereocenters. The Labute approximate surface area is 187 Å². The van der Waals surface area contributed by atoms with Crippen LogP contribution in [-0.4, -0.2) is 105 Å². The maximum atomic E-state index is 10.2. The van der Waals surface area contributed by atoms with Gasteiger partial charge < -0.3 is 44.8 Å². The van der Waals surface area contributed by atoms with E-state index in [9.17, 15) is 20.4 Å². The van der Waals surface area contributed by atoms with Gasteiger partial charge in [0.25, 0.3) is 0 Å². The molecule has 4 rings (SSSR count). The lowest BCUT2D eigenvalue weighted by Gasteiger charge is -2.39. The van der Waals surface area contributed by atoms with Crippen molar-refractivity contribution >= 4 is 0 Å². The quantitative estimate of drug-likeness (QED) is 0.364. The first kappa shape index (κ1) is 22.8. The Bertz CT molecular complexity index is 816.